The second-order valence-electron chi connectivity index (χ2n) is 3.59. The van der Waals surface area contributed by atoms with Crippen molar-refractivity contribution in [2.75, 3.05) is 7.11 Å². The first kappa shape index (κ1) is 13.2. The highest BCUT2D eigenvalue weighted by Gasteiger charge is 2.15. The van der Waals surface area contributed by atoms with Crippen molar-refractivity contribution in [2.24, 2.45) is 4.99 Å². The average molecular weight is 231 g/mol. The zero-order valence-electron chi connectivity index (χ0n) is 10.0. The Hall–Kier alpha value is -1.90. The number of ether oxygens (including phenoxy) is 1. The molecule has 1 aromatic rings. The van der Waals surface area contributed by atoms with Crippen molar-refractivity contribution in [1.29, 1.82) is 0 Å². The van der Waals surface area contributed by atoms with Crippen LogP contribution in [0.4, 0.5) is 0 Å². The predicted molar refractivity (Wildman–Crippen MR) is 69.3 cm³/mol. The monoisotopic (exact) mass is 231 g/mol. The van der Waals surface area contributed by atoms with Gasteiger partial charge in [0.05, 0.1) is 7.11 Å². The summed E-state index contributed by atoms with van der Waals surface area (Å²) in [5.74, 6) is -0.306. The van der Waals surface area contributed by atoms with Crippen LogP contribution >= 0.6 is 0 Å². The molecular formula is C14H17NO2. The fourth-order valence-electron chi connectivity index (χ4n) is 1.38. The van der Waals surface area contributed by atoms with Gasteiger partial charge in [-0.1, -0.05) is 36.4 Å². The average Bonchev–Trinajstić information content (AvgIpc) is 2.39. The molecule has 0 aliphatic rings. The Labute approximate surface area is 102 Å². The molecule has 0 aromatic heterocycles. The van der Waals surface area contributed by atoms with E-state index in [9.17, 15) is 4.79 Å². The number of benzene rings is 1. The van der Waals surface area contributed by atoms with Crippen LogP contribution in [-0.4, -0.2) is 25.3 Å². The van der Waals surface area contributed by atoms with Crippen molar-refractivity contribution in [2.45, 2.75) is 18.9 Å². The van der Waals surface area contributed by atoms with E-state index in [0.717, 1.165) is 12.0 Å². The number of hydrogen-bond donors (Lipinski definition) is 0. The van der Waals surface area contributed by atoms with E-state index in [4.69, 9.17) is 4.74 Å². The van der Waals surface area contributed by atoms with Gasteiger partial charge in [-0.3, -0.25) is 4.99 Å². The third kappa shape index (κ3) is 4.64. The van der Waals surface area contributed by atoms with E-state index < -0.39 is 6.04 Å². The third-order valence-electron chi connectivity index (χ3n) is 2.32. The Morgan fingerprint density at radius 2 is 2.18 bits per heavy atom. The third-order valence-corrected chi connectivity index (χ3v) is 2.32. The van der Waals surface area contributed by atoms with Crippen LogP contribution < -0.4 is 0 Å². The number of carbonyl (C=O) groups excluding carboxylic acids is 1. The lowest BCUT2D eigenvalue weighted by Gasteiger charge is -2.08. The van der Waals surface area contributed by atoms with Crippen LogP contribution in [0, 0.1) is 0 Å². The summed E-state index contributed by atoms with van der Waals surface area (Å²) in [6, 6.07) is 9.22. The number of rotatable bonds is 6. The summed E-state index contributed by atoms with van der Waals surface area (Å²) in [6.45, 7) is 3.63. The summed E-state index contributed by atoms with van der Waals surface area (Å²) in [4.78, 5) is 15.7. The van der Waals surface area contributed by atoms with Crippen molar-refractivity contribution < 1.29 is 9.53 Å². The Bertz CT molecular complexity index is 384. The normalized spacial score (nSPS) is 12.3. The SMILES string of the molecule is C=CCC[C@H](N=Cc1ccccc1)C(=O)OC. The molecule has 0 amide bonds. The molecule has 0 saturated heterocycles. The van der Waals surface area contributed by atoms with Crippen molar-refractivity contribution in [1.82, 2.24) is 0 Å². The number of aliphatic imine (C=N–C) groups is 1. The lowest BCUT2D eigenvalue weighted by atomic mass is 10.1. The van der Waals surface area contributed by atoms with Gasteiger partial charge < -0.3 is 4.74 Å². The van der Waals surface area contributed by atoms with E-state index in [1.165, 1.54) is 7.11 Å². The van der Waals surface area contributed by atoms with Gasteiger partial charge in [-0.15, -0.1) is 6.58 Å². The fraction of sp³-hybridized carbons (Fsp3) is 0.286. The molecule has 1 atom stereocenters. The topological polar surface area (TPSA) is 38.7 Å². The van der Waals surface area contributed by atoms with Crippen molar-refractivity contribution in [3.8, 4) is 0 Å². The Morgan fingerprint density at radius 1 is 1.47 bits per heavy atom. The maximum Gasteiger partial charge on any atom is 0.330 e. The number of nitrogens with zero attached hydrogens (tertiary/aromatic N) is 1. The van der Waals surface area contributed by atoms with E-state index in [-0.39, 0.29) is 5.97 Å². The van der Waals surface area contributed by atoms with Crippen LogP contribution in [-0.2, 0) is 9.53 Å². The second kappa shape index (κ2) is 7.39. The van der Waals surface area contributed by atoms with E-state index in [2.05, 4.69) is 11.6 Å². The molecule has 0 aliphatic heterocycles. The minimum Gasteiger partial charge on any atom is -0.467 e. The van der Waals surface area contributed by atoms with Crippen LogP contribution in [0.5, 0.6) is 0 Å². The molecule has 0 heterocycles. The summed E-state index contributed by atoms with van der Waals surface area (Å²) >= 11 is 0. The molecule has 1 rings (SSSR count). The Balaban J connectivity index is 2.68. The van der Waals surface area contributed by atoms with Crippen LogP contribution in [0.3, 0.4) is 0 Å². The van der Waals surface area contributed by atoms with Crippen molar-refractivity contribution in [3.05, 3.63) is 48.6 Å². The standard InChI is InChI=1S/C14H17NO2/c1-3-4-10-13(14(16)17-2)15-11-12-8-6-5-7-9-12/h3,5-9,11,13H,1,4,10H2,2H3/t13-/m0/s1. The van der Waals surface area contributed by atoms with Crippen molar-refractivity contribution in [3.63, 3.8) is 0 Å². The van der Waals surface area contributed by atoms with Crippen LogP contribution in [0.15, 0.2) is 48.0 Å². The molecule has 0 radical (unpaired) electrons. The van der Waals surface area contributed by atoms with Gasteiger partial charge in [0.2, 0.25) is 0 Å². The van der Waals surface area contributed by atoms with Gasteiger partial charge in [0.15, 0.2) is 0 Å². The van der Waals surface area contributed by atoms with E-state index in [0.29, 0.717) is 6.42 Å². The smallest absolute Gasteiger partial charge is 0.330 e. The summed E-state index contributed by atoms with van der Waals surface area (Å²) < 4.78 is 4.71. The van der Waals surface area contributed by atoms with Gasteiger partial charge in [0, 0.05) is 6.21 Å². The first-order valence-electron chi connectivity index (χ1n) is 5.55. The van der Waals surface area contributed by atoms with Crippen LogP contribution in [0.1, 0.15) is 18.4 Å². The molecule has 17 heavy (non-hydrogen) atoms. The lowest BCUT2D eigenvalue weighted by Crippen LogP contribution is -2.20. The van der Waals surface area contributed by atoms with E-state index >= 15 is 0 Å². The molecule has 3 heteroatoms. The zero-order chi connectivity index (χ0) is 12.5. The first-order chi connectivity index (χ1) is 8.27. The van der Waals surface area contributed by atoms with E-state index in [1.807, 2.05) is 30.3 Å². The van der Waals surface area contributed by atoms with Crippen molar-refractivity contribution >= 4 is 12.2 Å². The highest BCUT2D eigenvalue weighted by Crippen LogP contribution is 2.05. The Morgan fingerprint density at radius 3 is 2.76 bits per heavy atom. The summed E-state index contributed by atoms with van der Waals surface area (Å²) in [6.07, 6.45) is 4.84. The minimum atomic E-state index is -0.446. The zero-order valence-corrected chi connectivity index (χ0v) is 10.0. The fourth-order valence-corrected chi connectivity index (χ4v) is 1.38. The molecule has 0 saturated carbocycles. The maximum absolute atomic E-state index is 11.5. The molecule has 0 spiro atoms. The molecule has 0 bridgehead atoms. The number of carbonyl (C=O) groups is 1. The first-order valence-corrected chi connectivity index (χ1v) is 5.55. The molecule has 0 fully saturated rings. The number of hydrogen-bond acceptors (Lipinski definition) is 3. The molecule has 0 unspecified atom stereocenters. The Kier molecular flexibility index (Phi) is 5.72. The summed E-state index contributed by atoms with van der Waals surface area (Å²) in [7, 11) is 1.38. The predicted octanol–water partition coefficient (Wildman–Crippen LogP) is 2.61. The lowest BCUT2D eigenvalue weighted by molar-refractivity contribution is -0.142. The van der Waals surface area contributed by atoms with Gasteiger partial charge in [0.25, 0.3) is 0 Å². The van der Waals surface area contributed by atoms with Crippen LogP contribution in [0.2, 0.25) is 0 Å². The molecule has 90 valence electrons. The molecule has 0 aliphatic carbocycles. The van der Waals surface area contributed by atoms with Gasteiger partial charge >= 0.3 is 5.97 Å². The quantitative estimate of drug-likeness (QED) is 0.429. The van der Waals surface area contributed by atoms with Gasteiger partial charge in [-0.2, -0.15) is 0 Å². The number of methoxy groups -OCH3 is 1. The number of allylic oxidation sites excluding steroid dienone is 1. The molecular weight excluding hydrogens is 214 g/mol. The highest BCUT2D eigenvalue weighted by molar-refractivity contribution is 5.83. The molecule has 1 aromatic carbocycles. The summed E-state index contributed by atoms with van der Waals surface area (Å²) in [5.41, 5.74) is 0.972. The minimum absolute atomic E-state index is 0.306. The number of esters is 1. The van der Waals surface area contributed by atoms with E-state index in [1.54, 1.807) is 12.3 Å². The molecule has 0 N–H and O–H groups in total. The second-order valence-corrected chi connectivity index (χ2v) is 3.59. The van der Waals surface area contributed by atoms with Crippen LogP contribution in [0.25, 0.3) is 0 Å². The maximum atomic E-state index is 11.5. The van der Waals surface area contributed by atoms with Gasteiger partial charge in [-0.25, -0.2) is 4.79 Å². The largest absolute Gasteiger partial charge is 0.467 e. The summed E-state index contributed by atoms with van der Waals surface area (Å²) in [5, 5.41) is 0. The van der Waals surface area contributed by atoms with Gasteiger partial charge in [0.1, 0.15) is 6.04 Å². The van der Waals surface area contributed by atoms with Gasteiger partial charge in [-0.05, 0) is 18.4 Å². The highest BCUT2D eigenvalue weighted by atomic mass is 16.5. The molecule has 3 nitrogen and oxygen atoms in total.